The molecule has 0 heterocycles. The molecule has 0 bridgehead atoms. The van der Waals surface area contributed by atoms with E-state index in [1.165, 1.54) is 12.1 Å². The highest BCUT2D eigenvalue weighted by Crippen LogP contribution is 2.24. The van der Waals surface area contributed by atoms with Gasteiger partial charge >= 0.3 is 0 Å². The standard InChI is InChI=1S/C8H11NO2.H2O/c9-4-3-6-1-2-7(10)8(11)5-6;/h1-2,5,10-11H,3-4,9H2;1H2. The zero-order valence-corrected chi connectivity index (χ0v) is 6.62. The van der Waals surface area contributed by atoms with E-state index in [1.54, 1.807) is 6.07 Å². The summed E-state index contributed by atoms with van der Waals surface area (Å²) in [5, 5.41) is 18.0. The molecule has 0 aliphatic rings. The van der Waals surface area contributed by atoms with Gasteiger partial charge < -0.3 is 21.4 Å². The van der Waals surface area contributed by atoms with E-state index >= 15 is 0 Å². The SMILES string of the molecule is NCCc1ccc(O)c(O)c1.O. The Morgan fingerprint density at radius 2 is 1.83 bits per heavy atom. The third kappa shape index (κ3) is 2.41. The van der Waals surface area contributed by atoms with Crippen LogP contribution in [0, 0.1) is 0 Å². The van der Waals surface area contributed by atoms with Crippen molar-refractivity contribution in [2.45, 2.75) is 6.42 Å². The van der Waals surface area contributed by atoms with E-state index in [0.29, 0.717) is 13.0 Å². The average Bonchev–Trinajstić information content (AvgIpc) is 1.98. The molecule has 0 amide bonds. The Morgan fingerprint density at radius 3 is 2.33 bits per heavy atom. The Hall–Kier alpha value is -1.26. The van der Waals surface area contributed by atoms with Crippen LogP contribution in [0.1, 0.15) is 5.56 Å². The summed E-state index contributed by atoms with van der Waals surface area (Å²) in [7, 11) is 0. The molecular formula is C8H13NO3. The number of hydrogen-bond acceptors (Lipinski definition) is 3. The first-order chi connectivity index (χ1) is 5.24. The van der Waals surface area contributed by atoms with Gasteiger partial charge in [-0.2, -0.15) is 0 Å². The van der Waals surface area contributed by atoms with Crippen LogP contribution in [0.3, 0.4) is 0 Å². The summed E-state index contributed by atoms with van der Waals surface area (Å²) in [5.41, 5.74) is 6.24. The number of phenolic OH excluding ortho intramolecular Hbond substituents is 2. The maximum atomic E-state index is 9.04. The molecule has 0 saturated carbocycles. The topological polar surface area (TPSA) is 98.0 Å². The number of phenols is 2. The van der Waals surface area contributed by atoms with E-state index in [-0.39, 0.29) is 17.0 Å². The summed E-state index contributed by atoms with van der Waals surface area (Å²) in [6.45, 7) is 0.546. The summed E-state index contributed by atoms with van der Waals surface area (Å²) >= 11 is 0. The van der Waals surface area contributed by atoms with Crippen LogP contribution in [0.25, 0.3) is 0 Å². The Labute approximate surface area is 70.6 Å². The highest BCUT2D eigenvalue weighted by molar-refractivity contribution is 5.40. The van der Waals surface area contributed by atoms with E-state index in [2.05, 4.69) is 0 Å². The Kier molecular flexibility index (Phi) is 4.10. The van der Waals surface area contributed by atoms with E-state index in [1.807, 2.05) is 0 Å². The largest absolute Gasteiger partial charge is 0.504 e. The van der Waals surface area contributed by atoms with Gasteiger partial charge in [-0.15, -0.1) is 0 Å². The van der Waals surface area contributed by atoms with Crippen LogP contribution in [-0.4, -0.2) is 22.2 Å². The van der Waals surface area contributed by atoms with E-state index < -0.39 is 0 Å². The van der Waals surface area contributed by atoms with Crippen molar-refractivity contribution in [3.8, 4) is 11.5 Å². The van der Waals surface area contributed by atoms with Gasteiger partial charge in [0.25, 0.3) is 0 Å². The second-order valence-electron chi connectivity index (χ2n) is 2.36. The molecule has 0 radical (unpaired) electrons. The molecule has 1 rings (SSSR count). The molecule has 0 aliphatic heterocycles. The first-order valence-electron chi connectivity index (χ1n) is 3.45. The van der Waals surface area contributed by atoms with Crippen molar-refractivity contribution in [1.29, 1.82) is 0 Å². The zero-order chi connectivity index (χ0) is 8.27. The normalized spacial score (nSPS) is 9.08. The predicted molar refractivity (Wildman–Crippen MR) is 46.1 cm³/mol. The van der Waals surface area contributed by atoms with Crippen molar-refractivity contribution in [2.75, 3.05) is 6.54 Å². The van der Waals surface area contributed by atoms with Crippen LogP contribution in [0.15, 0.2) is 18.2 Å². The first kappa shape index (κ1) is 10.7. The Morgan fingerprint density at radius 1 is 1.17 bits per heavy atom. The van der Waals surface area contributed by atoms with Crippen molar-refractivity contribution in [3.05, 3.63) is 23.8 Å². The molecular weight excluding hydrogens is 158 g/mol. The van der Waals surface area contributed by atoms with Crippen LogP contribution in [-0.2, 0) is 6.42 Å². The fourth-order valence-electron chi connectivity index (χ4n) is 0.891. The van der Waals surface area contributed by atoms with Crippen molar-refractivity contribution < 1.29 is 15.7 Å². The van der Waals surface area contributed by atoms with E-state index in [4.69, 9.17) is 15.9 Å². The fourth-order valence-corrected chi connectivity index (χ4v) is 0.891. The minimum atomic E-state index is -0.0919. The highest BCUT2D eigenvalue weighted by Gasteiger charge is 1.98. The van der Waals surface area contributed by atoms with Gasteiger partial charge in [0.2, 0.25) is 0 Å². The van der Waals surface area contributed by atoms with Gasteiger partial charge in [-0.25, -0.2) is 0 Å². The smallest absolute Gasteiger partial charge is 0.157 e. The quantitative estimate of drug-likeness (QED) is 0.536. The van der Waals surface area contributed by atoms with Crippen LogP contribution in [0.4, 0.5) is 0 Å². The lowest BCUT2D eigenvalue weighted by atomic mass is 10.1. The number of hydrogen-bond donors (Lipinski definition) is 3. The minimum absolute atomic E-state index is 0. The summed E-state index contributed by atoms with van der Waals surface area (Å²) in [4.78, 5) is 0. The summed E-state index contributed by atoms with van der Waals surface area (Å²) < 4.78 is 0. The highest BCUT2D eigenvalue weighted by atomic mass is 16.3. The lowest BCUT2D eigenvalue weighted by molar-refractivity contribution is 0.403. The lowest BCUT2D eigenvalue weighted by Gasteiger charge is -2.00. The van der Waals surface area contributed by atoms with Crippen molar-refractivity contribution in [2.24, 2.45) is 5.73 Å². The third-order valence-electron chi connectivity index (χ3n) is 1.47. The minimum Gasteiger partial charge on any atom is -0.504 e. The molecule has 0 aliphatic carbocycles. The Bertz CT molecular complexity index is 250. The van der Waals surface area contributed by atoms with Gasteiger partial charge in [0.05, 0.1) is 0 Å². The monoisotopic (exact) mass is 171 g/mol. The third-order valence-corrected chi connectivity index (χ3v) is 1.47. The van der Waals surface area contributed by atoms with Crippen molar-refractivity contribution in [3.63, 3.8) is 0 Å². The van der Waals surface area contributed by atoms with Crippen LogP contribution in [0.2, 0.25) is 0 Å². The lowest BCUT2D eigenvalue weighted by Crippen LogP contribution is -2.02. The van der Waals surface area contributed by atoms with Crippen LogP contribution in [0.5, 0.6) is 11.5 Å². The molecule has 4 heteroatoms. The molecule has 0 fully saturated rings. The summed E-state index contributed by atoms with van der Waals surface area (Å²) in [5.74, 6) is -0.179. The Balaban J connectivity index is 0.00000121. The van der Waals surface area contributed by atoms with Gasteiger partial charge in [-0.3, -0.25) is 0 Å². The fraction of sp³-hybridized carbons (Fsp3) is 0.250. The number of benzene rings is 1. The van der Waals surface area contributed by atoms with E-state index in [0.717, 1.165) is 5.56 Å². The molecule has 4 nitrogen and oxygen atoms in total. The molecule has 6 N–H and O–H groups in total. The molecule has 12 heavy (non-hydrogen) atoms. The molecule has 0 aromatic heterocycles. The van der Waals surface area contributed by atoms with Crippen LogP contribution >= 0.6 is 0 Å². The van der Waals surface area contributed by atoms with Crippen molar-refractivity contribution in [1.82, 2.24) is 0 Å². The maximum absolute atomic E-state index is 9.04. The first-order valence-corrected chi connectivity index (χ1v) is 3.45. The molecule has 0 saturated heterocycles. The molecule has 0 unspecified atom stereocenters. The van der Waals surface area contributed by atoms with Gasteiger partial charge in [-0.1, -0.05) is 6.07 Å². The van der Waals surface area contributed by atoms with Gasteiger partial charge in [-0.05, 0) is 30.7 Å². The molecule has 1 aromatic carbocycles. The number of aromatic hydroxyl groups is 2. The van der Waals surface area contributed by atoms with Crippen LogP contribution < -0.4 is 5.73 Å². The summed E-state index contributed by atoms with van der Waals surface area (Å²) in [6, 6.07) is 4.71. The van der Waals surface area contributed by atoms with Gasteiger partial charge in [0, 0.05) is 0 Å². The average molecular weight is 171 g/mol. The van der Waals surface area contributed by atoms with Gasteiger partial charge in [0.1, 0.15) is 0 Å². The summed E-state index contributed by atoms with van der Waals surface area (Å²) in [6.07, 6.45) is 0.716. The van der Waals surface area contributed by atoms with E-state index in [9.17, 15) is 0 Å². The molecule has 1 aromatic rings. The number of nitrogens with two attached hydrogens (primary N) is 1. The number of rotatable bonds is 2. The van der Waals surface area contributed by atoms with Gasteiger partial charge in [0.15, 0.2) is 11.5 Å². The molecule has 0 spiro atoms. The molecule has 68 valence electrons. The molecule has 0 atom stereocenters. The predicted octanol–water partition coefficient (Wildman–Crippen LogP) is -0.226. The second kappa shape index (κ2) is 4.58. The second-order valence-corrected chi connectivity index (χ2v) is 2.36. The zero-order valence-electron chi connectivity index (χ0n) is 6.62. The maximum Gasteiger partial charge on any atom is 0.157 e. The van der Waals surface area contributed by atoms with Crippen molar-refractivity contribution >= 4 is 0 Å².